The van der Waals surface area contributed by atoms with E-state index in [1.54, 1.807) is 25.4 Å². The fourth-order valence-electron chi connectivity index (χ4n) is 2.81. The van der Waals surface area contributed by atoms with Gasteiger partial charge in [-0.2, -0.15) is 0 Å². The topological polar surface area (TPSA) is 68.2 Å². The van der Waals surface area contributed by atoms with Gasteiger partial charge in [0.05, 0.1) is 7.11 Å². The van der Waals surface area contributed by atoms with Crippen LogP contribution in [-0.2, 0) is 7.05 Å². The number of nitrogens with zero attached hydrogens (tertiary/aromatic N) is 2. The maximum absolute atomic E-state index is 12.7. The van der Waals surface area contributed by atoms with Gasteiger partial charge in [-0.05, 0) is 30.7 Å². The first-order valence-corrected chi connectivity index (χ1v) is 8.81. The van der Waals surface area contributed by atoms with Crippen molar-refractivity contribution in [2.75, 3.05) is 12.4 Å². The molecular formula is C20H21ClN4O2. The van der Waals surface area contributed by atoms with E-state index in [9.17, 15) is 4.79 Å². The van der Waals surface area contributed by atoms with E-state index in [4.69, 9.17) is 16.3 Å². The van der Waals surface area contributed by atoms with Crippen molar-refractivity contribution in [2.45, 2.75) is 13.0 Å². The van der Waals surface area contributed by atoms with Crippen LogP contribution in [0, 0.1) is 6.92 Å². The van der Waals surface area contributed by atoms with Crippen LogP contribution in [0.25, 0.3) is 0 Å². The van der Waals surface area contributed by atoms with E-state index < -0.39 is 6.04 Å². The van der Waals surface area contributed by atoms with E-state index in [1.807, 2.05) is 55.1 Å². The highest BCUT2D eigenvalue weighted by atomic mass is 35.5. The molecule has 7 heteroatoms. The van der Waals surface area contributed by atoms with Gasteiger partial charge >= 0.3 is 6.03 Å². The molecule has 27 heavy (non-hydrogen) atoms. The van der Waals surface area contributed by atoms with Crippen LogP contribution in [0.5, 0.6) is 5.75 Å². The number of benzene rings is 2. The van der Waals surface area contributed by atoms with Crippen molar-refractivity contribution in [1.29, 1.82) is 0 Å². The summed E-state index contributed by atoms with van der Waals surface area (Å²) in [6.45, 7) is 1.91. The Kier molecular flexibility index (Phi) is 5.66. The molecule has 0 bridgehead atoms. The molecule has 6 nitrogen and oxygen atoms in total. The van der Waals surface area contributed by atoms with Crippen LogP contribution in [0.3, 0.4) is 0 Å². The van der Waals surface area contributed by atoms with Crippen molar-refractivity contribution in [2.24, 2.45) is 7.05 Å². The Morgan fingerprint density at radius 1 is 1.26 bits per heavy atom. The van der Waals surface area contributed by atoms with Crippen LogP contribution < -0.4 is 15.4 Å². The summed E-state index contributed by atoms with van der Waals surface area (Å²) in [4.78, 5) is 17.1. The van der Waals surface area contributed by atoms with Gasteiger partial charge in [-0.25, -0.2) is 9.78 Å². The number of carbonyl (C=O) groups is 1. The van der Waals surface area contributed by atoms with Crippen LogP contribution in [0.2, 0.25) is 5.02 Å². The first kappa shape index (κ1) is 18.8. The molecule has 2 N–H and O–H groups in total. The number of rotatable bonds is 5. The lowest BCUT2D eigenvalue weighted by Crippen LogP contribution is -2.34. The van der Waals surface area contributed by atoms with Gasteiger partial charge in [-0.3, -0.25) is 0 Å². The van der Waals surface area contributed by atoms with Gasteiger partial charge in [0.1, 0.15) is 17.6 Å². The zero-order valence-electron chi connectivity index (χ0n) is 15.4. The fourth-order valence-corrected chi connectivity index (χ4v) is 2.99. The number of halogens is 1. The maximum Gasteiger partial charge on any atom is 0.320 e. The van der Waals surface area contributed by atoms with Crippen molar-refractivity contribution in [3.05, 3.63) is 76.8 Å². The number of nitrogens with one attached hydrogen (secondary N) is 2. The highest BCUT2D eigenvalue weighted by Gasteiger charge is 2.23. The average molecular weight is 385 g/mol. The molecule has 0 saturated carbocycles. The molecule has 0 fully saturated rings. The second-order valence-electron chi connectivity index (χ2n) is 6.13. The van der Waals surface area contributed by atoms with Gasteiger partial charge in [-0.15, -0.1) is 0 Å². The molecule has 3 aromatic rings. The number of hydrogen-bond acceptors (Lipinski definition) is 3. The molecule has 0 aliphatic heterocycles. The zero-order valence-corrected chi connectivity index (χ0v) is 16.1. The monoisotopic (exact) mass is 384 g/mol. The molecule has 1 heterocycles. The smallest absolute Gasteiger partial charge is 0.320 e. The summed E-state index contributed by atoms with van der Waals surface area (Å²) in [5, 5.41) is 6.39. The number of methoxy groups -OCH3 is 1. The molecule has 1 atom stereocenters. The van der Waals surface area contributed by atoms with E-state index in [1.165, 1.54) is 0 Å². The second-order valence-corrected chi connectivity index (χ2v) is 6.54. The summed E-state index contributed by atoms with van der Waals surface area (Å²) < 4.78 is 7.33. The largest absolute Gasteiger partial charge is 0.496 e. The van der Waals surface area contributed by atoms with Crippen molar-refractivity contribution >= 4 is 23.3 Å². The third-order valence-corrected chi connectivity index (χ3v) is 4.68. The van der Waals surface area contributed by atoms with Gasteiger partial charge in [0.25, 0.3) is 0 Å². The molecule has 0 aliphatic carbocycles. The number of carbonyl (C=O) groups excluding carboxylic acids is 1. The number of aromatic nitrogens is 2. The van der Waals surface area contributed by atoms with E-state index in [2.05, 4.69) is 15.6 Å². The molecule has 140 valence electrons. The van der Waals surface area contributed by atoms with Crippen molar-refractivity contribution in [3.63, 3.8) is 0 Å². The third-order valence-electron chi connectivity index (χ3n) is 4.27. The van der Waals surface area contributed by atoms with Gasteiger partial charge in [-0.1, -0.05) is 35.9 Å². The van der Waals surface area contributed by atoms with E-state index in [0.29, 0.717) is 22.3 Å². The number of ether oxygens (including phenoxy) is 1. The summed E-state index contributed by atoms with van der Waals surface area (Å²) in [6, 6.07) is 12.1. The number of aryl methyl sites for hydroxylation is 2. The van der Waals surface area contributed by atoms with Gasteiger partial charge < -0.3 is 19.9 Å². The molecule has 2 amide bonds. The summed E-state index contributed by atoms with van der Waals surface area (Å²) in [6.07, 6.45) is 3.52. The highest BCUT2D eigenvalue weighted by molar-refractivity contribution is 6.31. The minimum Gasteiger partial charge on any atom is -0.496 e. The van der Waals surface area contributed by atoms with Crippen LogP contribution in [0.4, 0.5) is 10.5 Å². The molecule has 1 unspecified atom stereocenters. The highest BCUT2D eigenvalue weighted by Crippen LogP contribution is 2.29. The molecule has 0 spiro atoms. The lowest BCUT2D eigenvalue weighted by Gasteiger charge is -2.21. The SMILES string of the molecule is COc1ccccc1C(NC(=O)Nc1ccc(C)c(Cl)c1)c1nccn1C. The van der Waals surface area contributed by atoms with Crippen LogP contribution in [-0.4, -0.2) is 22.7 Å². The van der Waals surface area contributed by atoms with Crippen LogP contribution >= 0.6 is 11.6 Å². The number of para-hydroxylation sites is 1. The molecular weight excluding hydrogens is 364 g/mol. The molecule has 0 aliphatic rings. The molecule has 3 rings (SSSR count). The van der Waals surface area contributed by atoms with E-state index >= 15 is 0 Å². The molecule has 2 aromatic carbocycles. The number of imidazole rings is 1. The Bertz CT molecular complexity index is 955. The summed E-state index contributed by atoms with van der Waals surface area (Å²) in [7, 11) is 3.48. The summed E-state index contributed by atoms with van der Waals surface area (Å²) in [5.74, 6) is 1.36. The number of amides is 2. The Labute approximate surface area is 163 Å². The number of anilines is 1. The first-order chi connectivity index (χ1) is 13.0. The van der Waals surface area contributed by atoms with Crippen molar-refractivity contribution < 1.29 is 9.53 Å². The maximum atomic E-state index is 12.7. The van der Waals surface area contributed by atoms with Crippen molar-refractivity contribution in [1.82, 2.24) is 14.9 Å². The third kappa shape index (κ3) is 4.23. The molecule has 0 radical (unpaired) electrons. The lowest BCUT2D eigenvalue weighted by molar-refractivity contribution is 0.249. The Hall–Kier alpha value is -2.99. The Morgan fingerprint density at radius 2 is 2.04 bits per heavy atom. The minimum atomic E-state index is -0.484. The Balaban J connectivity index is 1.88. The summed E-state index contributed by atoms with van der Waals surface area (Å²) >= 11 is 6.14. The van der Waals surface area contributed by atoms with Gasteiger partial charge in [0.15, 0.2) is 0 Å². The fraction of sp³-hybridized carbons (Fsp3) is 0.200. The summed E-state index contributed by atoms with van der Waals surface area (Å²) in [5.41, 5.74) is 2.37. The predicted molar refractivity (Wildman–Crippen MR) is 106 cm³/mol. The van der Waals surface area contributed by atoms with Crippen LogP contribution in [0.1, 0.15) is 23.0 Å². The lowest BCUT2D eigenvalue weighted by atomic mass is 10.0. The van der Waals surface area contributed by atoms with E-state index in [0.717, 1.165) is 11.1 Å². The Morgan fingerprint density at radius 3 is 2.70 bits per heavy atom. The average Bonchev–Trinajstić information content (AvgIpc) is 3.08. The minimum absolute atomic E-state index is 0.367. The number of hydrogen-bond donors (Lipinski definition) is 2. The van der Waals surface area contributed by atoms with E-state index in [-0.39, 0.29) is 6.03 Å². The standard InChI is InChI=1S/C20H21ClN4O2/c1-13-8-9-14(12-16(13)21)23-20(26)24-18(19-22-10-11-25(19)2)15-6-4-5-7-17(15)27-3/h4-12,18H,1-3H3,(H2,23,24,26). The van der Waals surface area contributed by atoms with Gasteiger partial charge in [0.2, 0.25) is 0 Å². The molecule has 1 aromatic heterocycles. The first-order valence-electron chi connectivity index (χ1n) is 8.43. The quantitative estimate of drug-likeness (QED) is 0.689. The number of urea groups is 1. The molecule has 0 saturated heterocycles. The van der Waals surface area contributed by atoms with Crippen molar-refractivity contribution in [3.8, 4) is 5.75 Å². The zero-order chi connectivity index (χ0) is 19.4. The predicted octanol–water partition coefficient (Wildman–Crippen LogP) is 4.30. The normalized spacial score (nSPS) is 11.7. The second kappa shape index (κ2) is 8.14. The van der Waals surface area contributed by atoms with Crippen LogP contribution in [0.15, 0.2) is 54.9 Å². The van der Waals surface area contributed by atoms with Gasteiger partial charge in [0, 0.05) is 35.7 Å².